The zero-order valence-corrected chi connectivity index (χ0v) is 9.97. The normalized spacial score (nSPS) is 15.2. The Labute approximate surface area is 99.0 Å². The van der Waals surface area contributed by atoms with Gasteiger partial charge in [-0.3, -0.25) is 0 Å². The third-order valence-corrected chi connectivity index (χ3v) is 2.76. The van der Waals surface area contributed by atoms with Crippen LogP contribution in [0, 0.1) is 13.8 Å². The van der Waals surface area contributed by atoms with Crippen LogP contribution in [0.1, 0.15) is 36.3 Å². The lowest BCUT2D eigenvalue weighted by Crippen LogP contribution is -2.06. The van der Waals surface area contributed by atoms with E-state index in [9.17, 15) is 0 Å². The summed E-state index contributed by atoms with van der Waals surface area (Å²) >= 11 is 0. The third-order valence-electron chi connectivity index (χ3n) is 2.76. The number of aryl methyl sites for hydroxylation is 2. The second-order valence-electron chi connectivity index (χ2n) is 4.43. The van der Waals surface area contributed by atoms with E-state index in [4.69, 9.17) is 4.52 Å². The Hall–Kier alpha value is -1.85. The number of rotatable bonds is 4. The summed E-state index contributed by atoms with van der Waals surface area (Å²) < 4.78 is 7.24. The number of aromatic nitrogens is 4. The molecule has 1 aliphatic carbocycles. The van der Waals surface area contributed by atoms with E-state index in [1.807, 2.05) is 13.8 Å². The van der Waals surface area contributed by atoms with E-state index < -0.39 is 0 Å². The fourth-order valence-corrected chi connectivity index (χ4v) is 1.84. The second-order valence-corrected chi connectivity index (χ2v) is 4.43. The molecule has 1 N–H and O–H groups in total. The highest BCUT2D eigenvalue weighted by atomic mass is 16.5. The summed E-state index contributed by atoms with van der Waals surface area (Å²) in [6.07, 6.45) is 4.56. The fraction of sp³-hybridized carbons (Fsp3) is 0.545. The van der Waals surface area contributed by atoms with Gasteiger partial charge in [-0.1, -0.05) is 5.16 Å². The minimum absolute atomic E-state index is 0.518. The van der Waals surface area contributed by atoms with Crippen LogP contribution < -0.4 is 5.32 Å². The Morgan fingerprint density at radius 3 is 2.88 bits per heavy atom. The van der Waals surface area contributed by atoms with Crippen LogP contribution in [-0.4, -0.2) is 19.7 Å². The number of nitrogens with zero attached hydrogens (tertiary/aromatic N) is 4. The molecular formula is C11H15N5O. The molecule has 0 bridgehead atoms. The minimum atomic E-state index is 0.518. The van der Waals surface area contributed by atoms with Gasteiger partial charge in [0.25, 0.3) is 0 Å². The van der Waals surface area contributed by atoms with E-state index in [1.54, 1.807) is 0 Å². The summed E-state index contributed by atoms with van der Waals surface area (Å²) in [6.45, 7) is 4.33. The Bertz CT molecular complexity index is 526. The van der Waals surface area contributed by atoms with Crippen molar-refractivity contribution in [3.63, 3.8) is 0 Å². The maximum atomic E-state index is 5.05. The van der Waals surface area contributed by atoms with Crippen molar-refractivity contribution in [1.29, 1.82) is 0 Å². The molecule has 1 fully saturated rings. The van der Waals surface area contributed by atoms with Gasteiger partial charge in [0, 0.05) is 12.2 Å². The van der Waals surface area contributed by atoms with Gasteiger partial charge in [-0.05, 0) is 26.7 Å². The van der Waals surface area contributed by atoms with E-state index >= 15 is 0 Å². The first-order valence-electron chi connectivity index (χ1n) is 5.81. The maximum Gasteiger partial charge on any atom is 0.246 e. The number of hydrogen-bond donors (Lipinski definition) is 1. The first kappa shape index (κ1) is 10.3. The molecule has 6 heteroatoms. The van der Waals surface area contributed by atoms with Gasteiger partial charge in [-0.2, -0.15) is 4.98 Å². The van der Waals surface area contributed by atoms with Crippen LogP contribution in [0.15, 0.2) is 10.7 Å². The lowest BCUT2D eigenvalue weighted by atomic mass is 10.5. The smallest absolute Gasteiger partial charge is 0.246 e. The molecule has 2 aromatic heterocycles. The number of anilines is 1. The predicted molar refractivity (Wildman–Crippen MR) is 61.6 cm³/mol. The third kappa shape index (κ3) is 2.15. The number of hydrogen-bond acceptors (Lipinski definition) is 5. The van der Waals surface area contributed by atoms with Crippen LogP contribution in [0.4, 0.5) is 5.95 Å². The lowest BCUT2D eigenvalue weighted by molar-refractivity contribution is 0.379. The predicted octanol–water partition coefficient (Wildman–Crippen LogP) is 1.83. The Morgan fingerprint density at radius 2 is 2.24 bits per heavy atom. The molecule has 90 valence electrons. The van der Waals surface area contributed by atoms with Crippen LogP contribution >= 0.6 is 0 Å². The molecule has 1 saturated carbocycles. The zero-order valence-electron chi connectivity index (χ0n) is 9.97. The first-order valence-corrected chi connectivity index (χ1v) is 5.81. The molecule has 2 aromatic rings. The van der Waals surface area contributed by atoms with Crippen molar-refractivity contribution >= 4 is 5.95 Å². The van der Waals surface area contributed by atoms with Gasteiger partial charge in [-0.25, -0.2) is 4.98 Å². The maximum absolute atomic E-state index is 5.05. The van der Waals surface area contributed by atoms with Gasteiger partial charge in [0.05, 0.1) is 12.2 Å². The second kappa shape index (κ2) is 3.87. The molecule has 0 atom stereocenters. The molecule has 0 aliphatic heterocycles. The van der Waals surface area contributed by atoms with Crippen LogP contribution in [-0.2, 0) is 6.54 Å². The highest BCUT2D eigenvalue weighted by Gasteiger charge is 2.26. The molecule has 0 saturated heterocycles. The van der Waals surface area contributed by atoms with Gasteiger partial charge >= 0.3 is 0 Å². The molecule has 0 radical (unpaired) electrons. The summed E-state index contributed by atoms with van der Waals surface area (Å²) in [4.78, 5) is 8.60. The largest absolute Gasteiger partial charge is 0.347 e. The summed E-state index contributed by atoms with van der Waals surface area (Å²) in [7, 11) is 0. The molecule has 0 aromatic carbocycles. The molecule has 0 amide bonds. The van der Waals surface area contributed by atoms with E-state index in [0.717, 1.165) is 11.6 Å². The average Bonchev–Trinajstić information content (AvgIpc) is 2.95. The van der Waals surface area contributed by atoms with Crippen molar-refractivity contribution in [2.45, 2.75) is 39.3 Å². The van der Waals surface area contributed by atoms with Crippen LogP contribution in [0.25, 0.3) is 0 Å². The molecule has 0 spiro atoms. The van der Waals surface area contributed by atoms with Crippen molar-refractivity contribution < 1.29 is 4.52 Å². The minimum Gasteiger partial charge on any atom is -0.347 e. The topological polar surface area (TPSA) is 68.8 Å². The van der Waals surface area contributed by atoms with Crippen LogP contribution in [0.3, 0.4) is 0 Å². The number of nitrogens with one attached hydrogen (secondary N) is 1. The Morgan fingerprint density at radius 1 is 1.41 bits per heavy atom. The Balaban J connectivity index is 1.72. The zero-order chi connectivity index (χ0) is 11.8. The summed E-state index contributed by atoms with van der Waals surface area (Å²) in [5.74, 6) is 2.13. The van der Waals surface area contributed by atoms with Crippen molar-refractivity contribution in [2.75, 3.05) is 5.32 Å². The van der Waals surface area contributed by atoms with E-state index in [1.165, 1.54) is 12.8 Å². The molecular weight excluding hydrogens is 218 g/mol. The van der Waals surface area contributed by atoms with Crippen LogP contribution in [0.5, 0.6) is 0 Å². The monoisotopic (exact) mass is 233 g/mol. The van der Waals surface area contributed by atoms with E-state index in [-0.39, 0.29) is 0 Å². The van der Waals surface area contributed by atoms with E-state index in [0.29, 0.717) is 24.3 Å². The van der Waals surface area contributed by atoms with Crippen molar-refractivity contribution in [3.8, 4) is 0 Å². The van der Waals surface area contributed by atoms with Crippen molar-refractivity contribution in [3.05, 3.63) is 23.6 Å². The van der Waals surface area contributed by atoms with Crippen molar-refractivity contribution in [1.82, 2.24) is 19.7 Å². The highest BCUT2D eigenvalue weighted by Crippen LogP contribution is 2.37. The summed E-state index contributed by atoms with van der Waals surface area (Å²) in [5, 5.41) is 6.99. The van der Waals surface area contributed by atoms with E-state index in [2.05, 4.69) is 31.2 Å². The Kier molecular flexibility index (Phi) is 2.35. The SMILES string of the molecule is Cc1cn(C2CC2)c(NCc2nc(C)no2)n1. The molecule has 2 heterocycles. The average molecular weight is 233 g/mol. The van der Waals surface area contributed by atoms with Crippen molar-refractivity contribution in [2.24, 2.45) is 0 Å². The number of imidazole rings is 1. The van der Waals surface area contributed by atoms with Gasteiger partial charge in [0.1, 0.15) is 0 Å². The molecule has 1 aliphatic rings. The summed E-state index contributed by atoms with van der Waals surface area (Å²) in [5.41, 5.74) is 1.03. The first-order chi connectivity index (χ1) is 8.22. The molecule has 17 heavy (non-hydrogen) atoms. The fourth-order valence-electron chi connectivity index (χ4n) is 1.84. The van der Waals surface area contributed by atoms with Gasteiger partial charge in [0.15, 0.2) is 5.82 Å². The van der Waals surface area contributed by atoms with Gasteiger partial charge in [-0.15, -0.1) is 0 Å². The standard InChI is InChI=1S/C11H15N5O/c1-7-6-16(9-3-4-9)11(13-7)12-5-10-14-8(2)15-17-10/h6,9H,3-5H2,1-2H3,(H,12,13). The van der Waals surface area contributed by atoms with Gasteiger partial charge < -0.3 is 14.4 Å². The highest BCUT2D eigenvalue weighted by molar-refractivity contribution is 5.30. The summed E-state index contributed by atoms with van der Waals surface area (Å²) in [6, 6.07) is 0.614. The molecule has 6 nitrogen and oxygen atoms in total. The van der Waals surface area contributed by atoms with Gasteiger partial charge in [0.2, 0.25) is 11.8 Å². The lowest BCUT2D eigenvalue weighted by Gasteiger charge is -2.06. The molecule has 3 rings (SSSR count). The molecule has 0 unspecified atom stereocenters. The quantitative estimate of drug-likeness (QED) is 0.872. The van der Waals surface area contributed by atoms with Crippen LogP contribution in [0.2, 0.25) is 0 Å².